The highest BCUT2D eigenvalue weighted by Gasteiger charge is 2.11. The molecule has 28 heavy (non-hydrogen) atoms. The Bertz CT molecular complexity index is 1040. The van der Waals surface area contributed by atoms with E-state index in [-0.39, 0.29) is 5.97 Å². The second kappa shape index (κ2) is 8.31. The molecule has 5 nitrogen and oxygen atoms in total. The minimum absolute atomic E-state index is 0.351. The standard InChI is InChI=1S/C22H21ClN2O3/c1-14-11-17(13-24-20-12-18(23)7-10-21(20)27-3)15(2)25(14)19-8-5-16(6-9-19)22(26)28-4/h5-13H,1-4H3. The van der Waals surface area contributed by atoms with Crippen LogP contribution >= 0.6 is 11.6 Å². The molecule has 0 radical (unpaired) electrons. The van der Waals surface area contributed by atoms with E-state index in [4.69, 9.17) is 21.1 Å². The third-order valence-electron chi connectivity index (χ3n) is 4.50. The van der Waals surface area contributed by atoms with Crippen molar-refractivity contribution in [3.63, 3.8) is 0 Å². The Labute approximate surface area is 169 Å². The third-order valence-corrected chi connectivity index (χ3v) is 4.74. The van der Waals surface area contributed by atoms with Crippen LogP contribution in [-0.4, -0.2) is 31.0 Å². The van der Waals surface area contributed by atoms with Crippen molar-refractivity contribution in [2.75, 3.05) is 14.2 Å². The molecule has 3 aromatic rings. The number of methoxy groups -OCH3 is 2. The fourth-order valence-corrected chi connectivity index (χ4v) is 3.25. The Morgan fingerprint density at radius 2 is 1.79 bits per heavy atom. The summed E-state index contributed by atoms with van der Waals surface area (Å²) in [5, 5.41) is 0.601. The maximum atomic E-state index is 11.6. The fourth-order valence-electron chi connectivity index (χ4n) is 3.08. The van der Waals surface area contributed by atoms with Gasteiger partial charge in [-0.2, -0.15) is 0 Å². The largest absolute Gasteiger partial charge is 0.494 e. The van der Waals surface area contributed by atoms with Crippen molar-refractivity contribution in [1.82, 2.24) is 4.57 Å². The molecule has 0 fully saturated rings. The summed E-state index contributed by atoms with van der Waals surface area (Å²) < 4.78 is 12.2. The number of hydrogen-bond donors (Lipinski definition) is 0. The quantitative estimate of drug-likeness (QED) is 0.434. The number of nitrogens with zero attached hydrogens (tertiary/aromatic N) is 2. The molecule has 1 aromatic heterocycles. The van der Waals surface area contributed by atoms with E-state index in [0.717, 1.165) is 22.6 Å². The van der Waals surface area contributed by atoms with E-state index in [9.17, 15) is 4.79 Å². The summed E-state index contributed by atoms with van der Waals surface area (Å²) in [7, 11) is 2.98. The lowest BCUT2D eigenvalue weighted by molar-refractivity contribution is 0.0601. The van der Waals surface area contributed by atoms with Gasteiger partial charge in [-0.15, -0.1) is 0 Å². The van der Waals surface area contributed by atoms with Gasteiger partial charge in [0.15, 0.2) is 0 Å². The van der Waals surface area contributed by atoms with Crippen LogP contribution < -0.4 is 4.74 Å². The van der Waals surface area contributed by atoms with Gasteiger partial charge in [0.1, 0.15) is 11.4 Å². The molecular formula is C22H21ClN2O3. The molecule has 144 valence electrons. The third kappa shape index (κ3) is 3.94. The molecule has 0 aliphatic rings. The number of rotatable bonds is 5. The minimum atomic E-state index is -0.351. The van der Waals surface area contributed by atoms with Gasteiger partial charge in [0, 0.05) is 33.9 Å². The summed E-state index contributed by atoms with van der Waals surface area (Å²) in [5.74, 6) is 0.309. The smallest absolute Gasteiger partial charge is 0.337 e. The van der Waals surface area contributed by atoms with Gasteiger partial charge < -0.3 is 14.0 Å². The van der Waals surface area contributed by atoms with Gasteiger partial charge in [-0.25, -0.2) is 4.79 Å². The van der Waals surface area contributed by atoms with E-state index >= 15 is 0 Å². The summed E-state index contributed by atoms with van der Waals surface area (Å²) in [4.78, 5) is 16.2. The Kier molecular flexibility index (Phi) is 5.85. The zero-order valence-corrected chi connectivity index (χ0v) is 16.9. The van der Waals surface area contributed by atoms with E-state index in [1.54, 1.807) is 43.7 Å². The van der Waals surface area contributed by atoms with Crippen LogP contribution in [0.1, 0.15) is 27.3 Å². The van der Waals surface area contributed by atoms with E-state index in [1.165, 1.54) is 7.11 Å². The highest BCUT2D eigenvalue weighted by Crippen LogP contribution is 2.30. The molecule has 0 spiro atoms. The van der Waals surface area contributed by atoms with E-state index < -0.39 is 0 Å². The van der Waals surface area contributed by atoms with Gasteiger partial charge in [-0.1, -0.05) is 11.6 Å². The molecule has 0 saturated heterocycles. The van der Waals surface area contributed by atoms with Crippen LogP contribution in [0.5, 0.6) is 5.75 Å². The maximum absolute atomic E-state index is 11.6. The van der Waals surface area contributed by atoms with Crippen molar-refractivity contribution < 1.29 is 14.3 Å². The number of benzene rings is 2. The van der Waals surface area contributed by atoms with Crippen LogP contribution in [0.4, 0.5) is 5.69 Å². The predicted octanol–water partition coefficient (Wildman–Crippen LogP) is 5.29. The molecule has 0 amide bonds. The fraction of sp³-hybridized carbons (Fsp3) is 0.182. The number of ether oxygens (including phenoxy) is 2. The average Bonchev–Trinajstić information content (AvgIpc) is 2.99. The second-order valence-corrected chi connectivity index (χ2v) is 6.71. The van der Waals surface area contributed by atoms with Gasteiger partial charge in [0.05, 0.1) is 19.8 Å². The van der Waals surface area contributed by atoms with Crippen LogP contribution in [0.3, 0.4) is 0 Å². The normalized spacial score (nSPS) is 11.0. The predicted molar refractivity (Wildman–Crippen MR) is 112 cm³/mol. The lowest BCUT2D eigenvalue weighted by Crippen LogP contribution is -2.03. The Morgan fingerprint density at radius 3 is 2.43 bits per heavy atom. The summed E-state index contributed by atoms with van der Waals surface area (Å²) in [6, 6.07) is 14.7. The van der Waals surface area contributed by atoms with Crippen molar-refractivity contribution >= 4 is 29.5 Å². The molecule has 0 N–H and O–H groups in total. The zero-order valence-electron chi connectivity index (χ0n) is 16.2. The molecule has 2 aromatic carbocycles. The number of halogens is 1. The number of aromatic nitrogens is 1. The monoisotopic (exact) mass is 396 g/mol. The van der Waals surface area contributed by atoms with Crippen LogP contribution in [-0.2, 0) is 4.74 Å². The van der Waals surface area contributed by atoms with Gasteiger partial charge >= 0.3 is 5.97 Å². The van der Waals surface area contributed by atoms with Gasteiger partial charge in [-0.3, -0.25) is 4.99 Å². The van der Waals surface area contributed by atoms with Crippen molar-refractivity contribution in [2.24, 2.45) is 4.99 Å². The second-order valence-electron chi connectivity index (χ2n) is 6.27. The van der Waals surface area contributed by atoms with Crippen molar-refractivity contribution in [1.29, 1.82) is 0 Å². The number of aryl methyl sites for hydroxylation is 1. The first-order valence-electron chi connectivity index (χ1n) is 8.70. The minimum Gasteiger partial charge on any atom is -0.494 e. The molecule has 3 rings (SSSR count). The zero-order chi connectivity index (χ0) is 20.3. The first-order chi connectivity index (χ1) is 13.4. The summed E-state index contributed by atoms with van der Waals surface area (Å²) in [5.41, 5.74) is 5.22. The SMILES string of the molecule is COC(=O)c1ccc(-n2c(C)cc(C=Nc3cc(Cl)ccc3OC)c2C)cc1. The van der Waals surface area contributed by atoms with Crippen LogP contribution in [0.25, 0.3) is 5.69 Å². The van der Waals surface area contributed by atoms with Crippen LogP contribution in [0.2, 0.25) is 5.02 Å². The first kappa shape index (κ1) is 19.7. The number of carbonyl (C=O) groups is 1. The molecule has 0 bridgehead atoms. The lowest BCUT2D eigenvalue weighted by Gasteiger charge is -2.10. The highest BCUT2D eigenvalue weighted by atomic mass is 35.5. The maximum Gasteiger partial charge on any atom is 0.337 e. The molecule has 0 aliphatic heterocycles. The lowest BCUT2D eigenvalue weighted by atomic mass is 10.2. The molecule has 0 saturated carbocycles. The van der Waals surface area contributed by atoms with Gasteiger partial charge in [-0.05, 0) is 62.4 Å². The topological polar surface area (TPSA) is 52.8 Å². The summed E-state index contributed by atoms with van der Waals surface area (Å²) in [6.45, 7) is 4.05. The van der Waals surface area contributed by atoms with E-state index in [0.29, 0.717) is 22.0 Å². The average molecular weight is 397 g/mol. The Balaban J connectivity index is 1.94. The number of carbonyl (C=O) groups excluding carboxylic acids is 1. The number of aliphatic imine (C=N–C) groups is 1. The molecule has 0 atom stereocenters. The van der Waals surface area contributed by atoms with Gasteiger partial charge in [0.25, 0.3) is 0 Å². The van der Waals surface area contributed by atoms with Crippen LogP contribution in [0.15, 0.2) is 53.5 Å². The van der Waals surface area contributed by atoms with E-state index in [1.807, 2.05) is 26.0 Å². The molecule has 6 heteroatoms. The molecule has 0 unspecified atom stereocenters. The van der Waals surface area contributed by atoms with Crippen molar-refractivity contribution in [3.8, 4) is 11.4 Å². The van der Waals surface area contributed by atoms with Crippen molar-refractivity contribution in [3.05, 3.63) is 76.1 Å². The molecule has 0 aliphatic carbocycles. The Morgan fingerprint density at radius 1 is 1.07 bits per heavy atom. The highest BCUT2D eigenvalue weighted by molar-refractivity contribution is 6.30. The number of hydrogen-bond acceptors (Lipinski definition) is 4. The molecule has 1 heterocycles. The summed E-state index contributed by atoms with van der Waals surface area (Å²) >= 11 is 6.08. The summed E-state index contributed by atoms with van der Waals surface area (Å²) in [6.07, 6.45) is 1.80. The first-order valence-corrected chi connectivity index (χ1v) is 9.07. The van der Waals surface area contributed by atoms with Gasteiger partial charge in [0.2, 0.25) is 0 Å². The Hall–Kier alpha value is -3.05. The van der Waals surface area contributed by atoms with Crippen molar-refractivity contribution in [2.45, 2.75) is 13.8 Å². The van der Waals surface area contributed by atoms with E-state index in [2.05, 4.69) is 15.6 Å². The molecular weight excluding hydrogens is 376 g/mol. The van der Waals surface area contributed by atoms with Crippen LogP contribution in [0, 0.1) is 13.8 Å². The number of esters is 1.